The van der Waals surface area contributed by atoms with Gasteiger partial charge in [-0.1, -0.05) is 164 Å². The van der Waals surface area contributed by atoms with E-state index < -0.39 is 54.8 Å². The van der Waals surface area contributed by atoms with Gasteiger partial charge in [0.15, 0.2) is 7.14 Å². The Labute approximate surface area is 568 Å². The van der Waals surface area contributed by atoms with Crippen molar-refractivity contribution in [3.8, 4) is 33.4 Å². The van der Waals surface area contributed by atoms with E-state index in [1.165, 1.54) is 0 Å². The third-order valence-electron chi connectivity index (χ3n) is 15.8. The van der Waals surface area contributed by atoms with Gasteiger partial charge in [0.2, 0.25) is 0 Å². The zero-order chi connectivity index (χ0) is 57.7. The SMILES string of the molecule is O=P(c1cc(CCCS(=O)(=O)[O-])cc(-c2c3ccccc3cc3ccccc23)c1)(c1cc(CCCS(=O)(=O)[O-])cc(-c2c3ccccc3cc3ccccc23)c1)c1cc(CCCS(=O)(=O)[O-])cc(-c2c3ccccc3cc3ccccc23)c1.[Na+].[Na+].[Na+]. The molecule has 0 aromatic heterocycles. The molecule has 12 aromatic carbocycles. The molecule has 86 heavy (non-hydrogen) atoms. The number of hydrogen-bond donors (Lipinski definition) is 0. The van der Waals surface area contributed by atoms with E-state index in [-0.39, 0.29) is 127 Å². The molecule has 10 nitrogen and oxygen atoms in total. The standard InChI is InChI=1S/C69H57O10PS3.3Na/c70-80(58-37-46(16-13-31-81(71,72)73)34-55(43-58)67-61-25-7-1-19-49(61)40-50-20-2-8-26-62(50)67,59-38-47(17-14-32-82(74,75)76)35-56(44-59)68-63-27-9-3-21-51(63)41-52-22-4-10-28-64(52)68)60-39-48(18-15-33-83(77,78)79)36-57(45-60)69-65-29-11-5-23-53(65)42-54-24-6-12-30-66(54)69;;;/h1-12,19-30,34-45H,13-18,31-33H2,(H,71,72,73)(H,74,75,76)(H,77,78,79);;;/q;3*+1/p-3. The largest absolute Gasteiger partial charge is 1.00 e. The normalized spacial score (nSPS) is 12.1. The van der Waals surface area contributed by atoms with Gasteiger partial charge in [0.25, 0.3) is 0 Å². The molecular weight excluding hydrogens is 1180 g/mol. The van der Waals surface area contributed by atoms with E-state index >= 15 is 4.57 Å². The van der Waals surface area contributed by atoms with E-state index in [1.807, 2.05) is 200 Å². The summed E-state index contributed by atoms with van der Waals surface area (Å²) >= 11 is 0. The van der Waals surface area contributed by atoms with Crippen molar-refractivity contribution in [3.63, 3.8) is 0 Å². The topological polar surface area (TPSA) is 189 Å². The van der Waals surface area contributed by atoms with Crippen LogP contribution < -0.4 is 105 Å². The Hall–Kier alpha value is -4.84. The first kappa shape index (κ1) is 65.6. The molecule has 0 N–H and O–H groups in total. The van der Waals surface area contributed by atoms with Crippen LogP contribution in [0, 0.1) is 0 Å². The summed E-state index contributed by atoms with van der Waals surface area (Å²) < 4.78 is 129. The van der Waals surface area contributed by atoms with Crippen LogP contribution in [0.25, 0.3) is 98.0 Å². The minimum Gasteiger partial charge on any atom is -0.748 e. The minimum absolute atomic E-state index is 0. The molecule has 12 rings (SSSR count). The Kier molecular flexibility index (Phi) is 20.7. The van der Waals surface area contributed by atoms with E-state index in [0.29, 0.717) is 49.3 Å². The van der Waals surface area contributed by atoms with E-state index in [0.717, 1.165) is 81.3 Å². The zero-order valence-corrected chi connectivity index (χ0v) is 57.2. The van der Waals surface area contributed by atoms with Crippen molar-refractivity contribution in [1.82, 2.24) is 0 Å². The van der Waals surface area contributed by atoms with Crippen LogP contribution in [0.5, 0.6) is 0 Å². The first-order valence-electron chi connectivity index (χ1n) is 27.4. The summed E-state index contributed by atoms with van der Waals surface area (Å²) in [4.78, 5) is 0. The number of aryl methyl sites for hydroxylation is 3. The number of fused-ring (bicyclic) bond motifs is 6. The predicted molar refractivity (Wildman–Crippen MR) is 336 cm³/mol. The molecule has 0 aliphatic heterocycles. The first-order valence-corrected chi connectivity index (χ1v) is 33.9. The van der Waals surface area contributed by atoms with Gasteiger partial charge in [0.05, 0.1) is 30.4 Å². The van der Waals surface area contributed by atoms with Gasteiger partial charge in [0, 0.05) is 33.2 Å². The molecule has 0 saturated heterocycles. The minimum atomic E-state index is -4.63. The molecule has 0 saturated carbocycles. The molecule has 0 aliphatic carbocycles. The van der Waals surface area contributed by atoms with Gasteiger partial charge in [-0.05, 0) is 208 Å². The Morgan fingerprint density at radius 3 is 0.709 bits per heavy atom. The van der Waals surface area contributed by atoms with E-state index in [1.54, 1.807) is 0 Å². The summed E-state index contributed by atoms with van der Waals surface area (Å²) in [5, 5.41) is 12.3. The maximum absolute atomic E-state index is 18.5. The quantitative estimate of drug-likeness (QED) is 0.0505. The van der Waals surface area contributed by atoms with Gasteiger partial charge in [0.1, 0.15) is 0 Å². The monoisotopic (exact) mass is 1240 g/mol. The fraction of sp³-hybridized carbons (Fsp3) is 0.130. The molecule has 17 heteroatoms. The smallest absolute Gasteiger partial charge is 0.748 e. The van der Waals surface area contributed by atoms with Gasteiger partial charge >= 0.3 is 88.7 Å². The molecule has 0 atom stereocenters. The van der Waals surface area contributed by atoms with Crippen LogP contribution in [0.4, 0.5) is 0 Å². The second-order valence-electron chi connectivity index (χ2n) is 21.5. The Balaban J connectivity index is 0.00000295. The fourth-order valence-electron chi connectivity index (χ4n) is 12.2. The number of hydrogen-bond acceptors (Lipinski definition) is 10. The van der Waals surface area contributed by atoms with Gasteiger partial charge in [-0.15, -0.1) is 0 Å². The Bertz CT molecular complexity index is 4340. The van der Waals surface area contributed by atoms with Crippen molar-refractivity contribution >= 4 is 118 Å². The molecule has 0 aliphatic rings. The van der Waals surface area contributed by atoms with Crippen molar-refractivity contribution in [2.75, 3.05) is 17.3 Å². The maximum atomic E-state index is 18.5. The van der Waals surface area contributed by atoms with Crippen LogP contribution >= 0.6 is 7.14 Å². The third kappa shape index (κ3) is 14.3. The number of rotatable bonds is 18. The van der Waals surface area contributed by atoms with Crippen LogP contribution in [0.2, 0.25) is 0 Å². The van der Waals surface area contributed by atoms with Gasteiger partial charge < -0.3 is 18.2 Å². The molecule has 0 fully saturated rings. The van der Waals surface area contributed by atoms with Crippen LogP contribution in [0.3, 0.4) is 0 Å². The predicted octanol–water partition coefficient (Wildman–Crippen LogP) is 4.69. The molecule has 0 unspecified atom stereocenters. The average Bonchev–Trinajstić information content (AvgIpc) is 0.891. The van der Waals surface area contributed by atoms with Crippen LogP contribution in [-0.4, -0.2) is 56.2 Å². The van der Waals surface area contributed by atoms with Crippen molar-refractivity contribution < 1.29 is 132 Å². The third-order valence-corrected chi connectivity index (χ3v) is 21.1. The van der Waals surface area contributed by atoms with Crippen molar-refractivity contribution in [2.24, 2.45) is 0 Å². The number of benzene rings is 12. The van der Waals surface area contributed by atoms with Crippen molar-refractivity contribution in [3.05, 3.63) is 235 Å². The van der Waals surface area contributed by atoms with Crippen LogP contribution in [-0.2, 0) is 54.2 Å². The average molecular weight is 1240 g/mol. The summed E-state index contributed by atoms with van der Waals surface area (Å²) in [5.41, 5.74) is 6.44. The van der Waals surface area contributed by atoms with Crippen molar-refractivity contribution in [1.29, 1.82) is 0 Å². The van der Waals surface area contributed by atoms with E-state index in [4.69, 9.17) is 0 Å². The van der Waals surface area contributed by atoms with E-state index in [9.17, 15) is 38.9 Å². The second-order valence-corrected chi connectivity index (χ2v) is 28.8. The van der Waals surface area contributed by atoms with Gasteiger partial charge in [-0.2, -0.15) is 0 Å². The van der Waals surface area contributed by atoms with E-state index in [2.05, 4.69) is 18.2 Å². The van der Waals surface area contributed by atoms with Gasteiger partial charge in [-0.25, -0.2) is 25.3 Å². The maximum Gasteiger partial charge on any atom is 1.00 e. The summed E-state index contributed by atoms with van der Waals surface area (Å²) in [6, 6.07) is 71.5. The molecule has 0 amide bonds. The summed E-state index contributed by atoms with van der Waals surface area (Å²) in [5.74, 6) is -1.89. The molecule has 12 aromatic rings. The zero-order valence-electron chi connectivity index (χ0n) is 47.9. The molecule has 0 radical (unpaired) electrons. The summed E-state index contributed by atoms with van der Waals surface area (Å²) in [6.45, 7) is 0. The van der Waals surface area contributed by atoms with Crippen molar-refractivity contribution in [2.45, 2.75) is 38.5 Å². The van der Waals surface area contributed by atoms with Crippen LogP contribution in [0.1, 0.15) is 36.0 Å². The molecular formula is C69H54Na3O10PS3. The Morgan fingerprint density at radius 1 is 0.291 bits per heavy atom. The molecule has 0 bridgehead atoms. The molecule has 0 spiro atoms. The summed E-state index contributed by atoms with van der Waals surface area (Å²) in [7, 11) is -18.3. The second kappa shape index (κ2) is 27.1. The van der Waals surface area contributed by atoms with Crippen LogP contribution in [0.15, 0.2) is 218 Å². The molecule has 416 valence electrons. The molecule has 0 heterocycles. The summed E-state index contributed by atoms with van der Waals surface area (Å²) in [6.07, 6.45) is 0.295. The van der Waals surface area contributed by atoms with Gasteiger partial charge in [-0.3, -0.25) is 0 Å². The Morgan fingerprint density at radius 2 is 0.500 bits per heavy atom. The first-order chi connectivity index (χ1) is 39.8. The fourth-order valence-corrected chi connectivity index (χ4v) is 16.6.